The molecule has 4 rings (SSSR count). The van der Waals surface area contributed by atoms with Crippen molar-refractivity contribution in [3.8, 4) is 11.5 Å². The fourth-order valence-electron chi connectivity index (χ4n) is 3.74. The van der Waals surface area contributed by atoms with Gasteiger partial charge in [-0.3, -0.25) is 14.9 Å². The fourth-order valence-corrected chi connectivity index (χ4v) is 5.28. The molecule has 3 aromatic carbocycles. The van der Waals surface area contributed by atoms with Crippen LogP contribution >= 0.6 is 0 Å². The van der Waals surface area contributed by atoms with Gasteiger partial charge in [0.1, 0.15) is 11.3 Å². The van der Waals surface area contributed by atoms with Crippen LogP contribution in [0.15, 0.2) is 77.7 Å². The van der Waals surface area contributed by atoms with Crippen molar-refractivity contribution in [1.29, 1.82) is 0 Å². The smallest absolute Gasteiger partial charge is 0.282 e. The van der Waals surface area contributed by atoms with Crippen molar-refractivity contribution in [2.45, 2.75) is 24.2 Å². The van der Waals surface area contributed by atoms with Crippen LogP contribution in [0.1, 0.15) is 29.6 Å². The van der Waals surface area contributed by atoms with Crippen molar-refractivity contribution in [2.24, 2.45) is 0 Å². The summed E-state index contributed by atoms with van der Waals surface area (Å²) in [5.74, 6) is -0.0659. The average Bonchev–Trinajstić information content (AvgIpc) is 2.86. The summed E-state index contributed by atoms with van der Waals surface area (Å²) in [7, 11) is -3.78. The zero-order chi connectivity index (χ0) is 24.1. The molecule has 1 heterocycles. The fraction of sp³-hybridized carbons (Fsp3) is 0.208. The van der Waals surface area contributed by atoms with Gasteiger partial charge in [0, 0.05) is 19.2 Å². The second kappa shape index (κ2) is 10.0. The minimum absolute atomic E-state index is 0.00710. The Hall–Kier alpha value is -3.76. The highest BCUT2D eigenvalue weighted by molar-refractivity contribution is 7.89. The van der Waals surface area contributed by atoms with Crippen molar-refractivity contribution >= 4 is 27.3 Å². The zero-order valence-electron chi connectivity index (χ0n) is 18.2. The first-order valence-corrected chi connectivity index (χ1v) is 12.2. The quantitative estimate of drug-likeness (QED) is 0.382. The zero-order valence-corrected chi connectivity index (χ0v) is 19.0. The van der Waals surface area contributed by atoms with Crippen molar-refractivity contribution in [3.05, 3.63) is 88.5 Å². The number of piperidine rings is 1. The largest absolute Gasteiger partial charge is 0.455 e. The summed E-state index contributed by atoms with van der Waals surface area (Å²) in [6.07, 6.45) is 2.55. The van der Waals surface area contributed by atoms with Gasteiger partial charge in [0.25, 0.3) is 11.6 Å². The molecule has 34 heavy (non-hydrogen) atoms. The highest BCUT2D eigenvalue weighted by Crippen LogP contribution is 2.34. The van der Waals surface area contributed by atoms with E-state index >= 15 is 0 Å². The number of ether oxygens (including phenoxy) is 1. The maximum absolute atomic E-state index is 13.2. The number of amides is 1. The molecule has 176 valence electrons. The number of para-hydroxylation sites is 2. The number of carbonyl (C=O) groups is 1. The summed E-state index contributed by atoms with van der Waals surface area (Å²) in [6, 6.07) is 18.6. The first kappa shape index (κ1) is 23.4. The lowest BCUT2D eigenvalue weighted by atomic mass is 10.1. The highest BCUT2D eigenvalue weighted by Gasteiger charge is 2.28. The lowest BCUT2D eigenvalue weighted by molar-refractivity contribution is -0.385. The topological polar surface area (TPSA) is 119 Å². The number of nitro groups is 1. The molecule has 0 atom stereocenters. The van der Waals surface area contributed by atoms with Crippen LogP contribution in [0.4, 0.5) is 11.4 Å². The van der Waals surface area contributed by atoms with Crippen LogP contribution in [0.25, 0.3) is 0 Å². The molecular weight excluding hydrogens is 458 g/mol. The maximum atomic E-state index is 13.2. The number of rotatable bonds is 7. The van der Waals surface area contributed by atoms with Crippen LogP contribution in [0, 0.1) is 10.1 Å². The molecule has 0 bridgehead atoms. The van der Waals surface area contributed by atoms with E-state index in [0.717, 1.165) is 19.3 Å². The molecule has 10 heteroatoms. The second-order valence-electron chi connectivity index (χ2n) is 7.77. The van der Waals surface area contributed by atoms with Crippen LogP contribution in [0.3, 0.4) is 0 Å². The monoisotopic (exact) mass is 481 g/mol. The molecule has 0 aliphatic carbocycles. The van der Waals surface area contributed by atoms with Gasteiger partial charge in [-0.05, 0) is 49.2 Å². The predicted octanol–water partition coefficient (Wildman–Crippen LogP) is 4.81. The summed E-state index contributed by atoms with van der Waals surface area (Å²) >= 11 is 0. The lowest BCUT2D eigenvalue weighted by Gasteiger charge is -2.26. The standard InChI is InChI=1S/C24H23N3O6S/c28-24(20-11-5-6-12-22(20)27(29)30)25-21-17-19(34(31,32)26-15-7-2-8-16-26)13-14-23(21)33-18-9-3-1-4-10-18/h1,3-6,9-14,17H,2,7-8,15-16H2,(H,25,28). The van der Waals surface area contributed by atoms with E-state index in [2.05, 4.69) is 5.32 Å². The predicted molar refractivity (Wildman–Crippen MR) is 127 cm³/mol. The SMILES string of the molecule is O=C(Nc1cc(S(=O)(=O)N2CCCCC2)ccc1Oc1ccccc1)c1ccccc1[N+](=O)[O-]. The summed E-state index contributed by atoms with van der Waals surface area (Å²) in [6.45, 7) is 0.866. The molecule has 3 aromatic rings. The van der Waals surface area contributed by atoms with E-state index in [-0.39, 0.29) is 27.6 Å². The van der Waals surface area contributed by atoms with Crippen LogP contribution in [0.5, 0.6) is 11.5 Å². The Morgan fingerprint density at radius 1 is 0.941 bits per heavy atom. The molecule has 1 aliphatic rings. The van der Waals surface area contributed by atoms with E-state index in [1.54, 1.807) is 24.3 Å². The molecule has 0 radical (unpaired) electrons. The van der Waals surface area contributed by atoms with Crippen LogP contribution in [-0.2, 0) is 10.0 Å². The van der Waals surface area contributed by atoms with Gasteiger partial charge in [-0.25, -0.2) is 8.42 Å². The highest BCUT2D eigenvalue weighted by atomic mass is 32.2. The van der Waals surface area contributed by atoms with Gasteiger partial charge in [-0.2, -0.15) is 4.31 Å². The molecule has 9 nitrogen and oxygen atoms in total. The number of hydrogen-bond acceptors (Lipinski definition) is 6. The van der Waals surface area contributed by atoms with Crippen molar-refractivity contribution in [1.82, 2.24) is 4.31 Å². The van der Waals surface area contributed by atoms with Crippen LogP contribution in [0.2, 0.25) is 0 Å². The summed E-state index contributed by atoms with van der Waals surface area (Å²) in [5, 5.41) is 14.0. The first-order chi connectivity index (χ1) is 16.4. The number of nitro benzene ring substituents is 1. The van der Waals surface area contributed by atoms with Gasteiger partial charge in [-0.15, -0.1) is 0 Å². The lowest BCUT2D eigenvalue weighted by Crippen LogP contribution is -2.35. The number of sulfonamides is 1. The summed E-state index contributed by atoms with van der Waals surface area (Å²) < 4.78 is 33.7. The Bertz CT molecular complexity index is 1310. The Morgan fingerprint density at radius 3 is 2.32 bits per heavy atom. The van der Waals surface area contributed by atoms with Crippen molar-refractivity contribution in [3.63, 3.8) is 0 Å². The third kappa shape index (κ3) is 5.08. The summed E-state index contributed by atoms with van der Waals surface area (Å²) in [4.78, 5) is 23.7. The van der Waals surface area contributed by atoms with E-state index in [1.165, 1.54) is 46.8 Å². The number of nitrogens with one attached hydrogen (secondary N) is 1. The molecular formula is C24H23N3O6S. The first-order valence-electron chi connectivity index (χ1n) is 10.8. The van der Waals surface area contributed by atoms with Crippen LogP contribution in [-0.4, -0.2) is 36.6 Å². The van der Waals surface area contributed by atoms with Gasteiger partial charge in [0.2, 0.25) is 10.0 Å². The Morgan fingerprint density at radius 2 is 1.62 bits per heavy atom. The number of carbonyl (C=O) groups excluding carboxylic acids is 1. The van der Waals surface area contributed by atoms with E-state index in [1.807, 2.05) is 6.07 Å². The minimum Gasteiger partial charge on any atom is -0.455 e. The molecule has 1 fully saturated rings. The second-order valence-corrected chi connectivity index (χ2v) is 9.70. The summed E-state index contributed by atoms with van der Waals surface area (Å²) in [5.41, 5.74) is -0.421. The Balaban J connectivity index is 1.72. The van der Waals surface area contributed by atoms with Crippen LogP contribution < -0.4 is 10.1 Å². The molecule has 1 aliphatic heterocycles. The molecule has 1 saturated heterocycles. The molecule has 0 saturated carbocycles. The minimum atomic E-state index is -3.78. The van der Waals surface area contributed by atoms with E-state index < -0.39 is 20.9 Å². The van der Waals surface area contributed by atoms with Gasteiger partial charge in [0.05, 0.1) is 15.5 Å². The van der Waals surface area contributed by atoms with E-state index in [9.17, 15) is 23.3 Å². The maximum Gasteiger partial charge on any atom is 0.282 e. The number of benzene rings is 3. The Labute approximate surface area is 197 Å². The molecule has 1 amide bonds. The van der Waals surface area contributed by atoms with Gasteiger partial charge < -0.3 is 10.1 Å². The third-order valence-electron chi connectivity index (χ3n) is 5.47. The number of hydrogen-bond donors (Lipinski definition) is 1. The molecule has 0 spiro atoms. The van der Waals surface area contributed by atoms with Crippen molar-refractivity contribution in [2.75, 3.05) is 18.4 Å². The van der Waals surface area contributed by atoms with Gasteiger partial charge in [-0.1, -0.05) is 36.8 Å². The van der Waals surface area contributed by atoms with Gasteiger partial charge >= 0.3 is 0 Å². The van der Waals surface area contributed by atoms with E-state index in [4.69, 9.17) is 4.74 Å². The third-order valence-corrected chi connectivity index (χ3v) is 7.36. The molecule has 1 N–H and O–H groups in total. The van der Waals surface area contributed by atoms with Crippen molar-refractivity contribution < 1.29 is 22.9 Å². The molecule has 0 aromatic heterocycles. The number of nitrogens with zero attached hydrogens (tertiary/aromatic N) is 2. The average molecular weight is 482 g/mol. The number of anilines is 1. The molecule has 0 unspecified atom stereocenters. The van der Waals surface area contributed by atoms with Gasteiger partial charge in [0.15, 0.2) is 5.75 Å². The van der Waals surface area contributed by atoms with E-state index in [0.29, 0.717) is 18.8 Å². The normalized spacial score (nSPS) is 14.4. The Kier molecular flexibility index (Phi) is 6.90.